The van der Waals surface area contributed by atoms with E-state index in [0.717, 1.165) is 19.3 Å². The highest BCUT2D eigenvalue weighted by Gasteiger charge is 2.46. The Morgan fingerprint density at radius 1 is 1.21 bits per heavy atom. The van der Waals surface area contributed by atoms with Crippen LogP contribution in [0.2, 0.25) is 11.1 Å². The van der Waals surface area contributed by atoms with E-state index in [1.165, 1.54) is 18.4 Å². The highest BCUT2D eigenvalue weighted by molar-refractivity contribution is 6.70. The molecule has 0 bridgehead atoms. The molecule has 0 radical (unpaired) electrons. The molecule has 7 heteroatoms. The molecule has 1 aromatic rings. The largest absolute Gasteiger partial charge is 0.527 e. The molecule has 0 N–H and O–H groups in total. The maximum atomic E-state index is 12.1. The van der Waals surface area contributed by atoms with Gasteiger partial charge in [0, 0.05) is 24.1 Å². The highest BCUT2D eigenvalue weighted by Crippen LogP contribution is 2.35. The highest BCUT2D eigenvalue weighted by atomic mass is 28.4. The molecule has 1 rings (SSSR count). The zero-order valence-corrected chi connectivity index (χ0v) is 19.6. The quantitative estimate of drug-likeness (QED) is 0.178. The maximum absolute atomic E-state index is 12.1. The number of hydrogen-bond acceptors (Lipinski definition) is 6. The molecule has 0 amide bonds. The van der Waals surface area contributed by atoms with Crippen molar-refractivity contribution in [3.8, 4) is 0 Å². The molecule has 164 valence electrons. The van der Waals surface area contributed by atoms with E-state index >= 15 is 0 Å². The Bertz CT molecular complexity index is 687. The van der Waals surface area contributed by atoms with Gasteiger partial charge in [-0.3, -0.25) is 0 Å². The van der Waals surface area contributed by atoms with Crippen molar-refractivity contribution in [2.75, 3.05) is 6.61 Å². The third-order valence-corrected chi connectivity index (χ3v) is 9.18. The Morgan fingerprint density at radius 2 is 1.90 bits per heavy atom. The number of carbonyl (C=O) groups excluding carboxylic acids is 1. The Morgan fingerprint density at radius 3 is 2.48 bits per heavy atom. The Hall–Kier alpha value is -1.86. The van der Waals surface area contributed by atoms with Gasteiger partial charge in [0.25, 0.3) is 0 Å². The molecule has 6 nitrogen and oxygen atoms in total. The maximum Gasteiger partial charge on any atom is 0.403 e. The van der Waals surface area contributed by atoms with Crippen molar-refractivity contribution in [2.45, 2.75) is 84.4 Å². The number of rotatable bonds is 13. The van der Waals surface area contributed by atoms with Crippen molar-refractivity contribution in [1.82, 2.24) is 0 Å². The standard InChI is InChI=1S/C22H36O6Si/c1-7-8-9-10-15-26-29(17(2)3,18(4)5)27-16-13-19(6)28-22(24)20-12-11-14-25-21(20)23/h10-12,14-15,17-19H,7-9,13,16H2,1-6H3/b15-10+/t19-/m1/s1. The van der Waals surface area contributed by atoms with Crippen molar-refractivity contribution >= 4 is 14.5 Å². The predicted molar refractivity (Wildman–Crippen MR) is 116 cm³/mol. The average molecular weight is 425 g/mol. The van der Waals surface area contributed by atoms with Gasteiger partial charge in [-0.15, -0.1) is 0 Å². The fourth-order valence-electron chi connectivity index (χ4n) is 3.06. The summed E-state index contributed by atoms with van der Waals surface area (Å²) in [4.78, 5) is 23.7. The molecular formula is C22H36O6Si. The van der Waals surface area contributed by atoms with Crippen LogP contribution >= 0.6 is 0 Å². The van der Waals surface area contributed by atoms with Gasteiger partial charge in [0.15, 0.2) is 0 Å². The molecule has 0 spiro atoms. The fourth-order valence-corrected chi connectivity index (χ4v) is 6.42. The van der Waals surface area contributed by atoms with Crippen LogP contribution in [0.15, 0.2) is 39.9 Å². The summed E-state index contributed by atoms with van der Waals surface area (Å²) < 4.78 is 22.6. The SMILES string of the molecule is CCCC/C=C/O[Si](OCC[C@@H](C)OC(=O)c1cccoc1=O)(C(C)C)C(C)C. The Kier molecular flexibility index (Phi) is 11.0. The molecular weight excluding hydrogens is 388 g/mol. The molecule has 0 aliphatic rings. The van der Waals surface area contributed by atoms with Gasteiger partial charge in [-0.05, 0) is 31.9 Å². The van der Waals surface area contributed by atoms with E-state index in [1.807, 2.05) is 0 Å². The van der Waals surface area contributed by atoms with Crippen LogP contribution in [0, 0.1) is 0 Å². The normalized spacial score (nSPS) is 13.2. The summed E-state index contributed by atoms with van der Waals surface area (Å²) in [6.45, 7) is 12.9. The lowest BCUT2D eigenvalue weighted by atomic mass is 10.2. The van der Waals surface area contributed by atoms with Crippen LogP contribution in [0.25, 0.3) is 0 Å². The summed E-state index contributed by atoms with van der Waals surface area (Å²) in [6.07, 6.45) is 8.51. The molecule has 1 atom stereocenters. The summed E-state index contributed by atoms with van der Waals surface area (Å²) in [7, 11) is -2.48. The zero-order chi connectivity index (χ0) is 21.9. The number of esters is 1. The smallest absolute Gasteiger partial charge is 0.403 e. The van der Waals surface area contributed by atoms with E-state index in [4.69, 9.17) is 18.0 Å². The number of allylic oxidation sites excluding steroid dienone is 1. The van der Waals surface area contributed by atoms with Crippen LogP contribution in [0.3, 0.4) is 0 Å². The van der Waals surface area contributed by atoms with Crippen molar-refractivity contribution < 1.29 is 22.8 Å². The van der Waals surface area contributed by atoms with Gasteiger partial charge in [0.05, 0.1) is 12.5 Å². The second-order valence-corrected chi connectivity index (χ2v) is 12.1. The van der Waals surface area contributed by atoms with E-state index in [0.29, 0.717) is 13.0 Å². The minimum absolute atomic E-state index is 0.103. The van der Waals surface area contributed by atoms with E-state index in [2.05, 4.69) is 40.7 Å². The fraction of sp³-hybridized carbons (Fsp3) is 0.636. The van der Waals surface area contributed by atoms with Crippen LogP contribution in [0.5, 0.6) is 0 Å². The summed E-state index contributed by atoms with van der Waals surface area (Å²) in [5.41, 5.74) is -0.264. The van der Waals surface area contributed by atoms with E-state index in [1.54, 1.807) is 13.2 Å². The van der Waals surface area contributed by atoms with Gasteiger partial charge in [-0.2, -0.15) is 0 Å². The molecule has 0 aromatic carbocycles. The van der Waals surface area contributed by atoms with Crippen LogP contribution in [-0.4, -0.2) is 27.2 Å². The van der Waals surface area contributed by atoms with E-state index in [-0.39, 0.29) is 16.6 Å². The number of carbonyl (C=O) groups is 1. The molecule has 0 saturated carbocycles. The zero-order valence-electron chi connectivity index (χ0n) is 18.6. The molecule has 0 fully saturated rings. The summed E-state index contributed by atoms with van der Waals surface area (Å²) >= 11 is 0. The third-order valence-electron chi connectivity index (χ3n) is 4.80. The topological polar surface area (TPSA) is 75.0 Å². The van der Waals surface area contributed by atoms with E-state index in [9.17, 15) is 9.59 Å². The summed E-state index contributed by atoms with van der Waals surface area (Å²) in [5, 5.41) is 0. The first-order valence-corrected chi connectivity index (χ1v) is 12.5. The predicted octanol–water partition coefficient (Wildman–Crippen LogP) is 5.57. The van der Waals surface area contributed by atoms with Gasteiger partial charge in [-0.25, -0.2) is 9.59 Å². The van der Waals surface area contributed by atoms with Gasteiger partial charge in [-0.1, -0.05) is 47.1 Å². The molecule has 0 aliphatic carbocycles. The number of unbranched alkanes of at least 4 members (excludes halogenated alkanes) is 2. The van der Waals surface area contributed by atoms with Crippen molar-refractivity contribution in [3.63, 3.8) is 0 Å². The lowest BCUT2D eigenvalue weighted by Gasteiger charge is -2.36. The lowest BCUT2D eigenvalue weighted by Crippen LogP contribution is -2.47. The average Bonchev–Trinajstić information content (AvgIpc) is 2.66. The first-order valence-electron chi connectivity index (χ1n) is 10.5. The number of ether oxygens (including phenoxy) is 1. The minimum atomic E-state index is -2.48. The van der Waals surface area contributed by atoms with Crippen molar-refractivity contribution in [2.24, 2.45) is 0 Å². The molecule has 1 heterocycles. The molecule has 29 heavy (non-hydrogen) atoms. The Labute approximate surface area is 175 Å². The van der Waals surface area contributed by atoms with Crippen LogP contribution in [-0.2, 0) is 13.6 Å². The summed E-state index contributed by atoms with van der Waals surface area (Å²) in [5.74, 6) is -0.682. The molecule has 0 aliphatic heterocycles. The molecule has 0 saturated heterocycles. The summed E-state index contributed by atoms with van der Waals surface area (Å²) in [6, 6.07) is 2.88. The van der Waals surface area contributed by atoms with Gasteiger partial charge >= 0.3 is 20.2 Å². The third kappa shape index (κ3) is 7.82. The molecule has 0 unspecified atom stereocenters. The van der Waals surface area contributed by atoms with Crippen molar-refractivity contribution in [1.29, 1.82) is 0 Å². The van der Waals surface area contributed by atoms with E-state index < -0.39 is 26.3 Å². The second-order valence-electron chi connectivity index (χ2n) is 7.83. The van der Waals surface area contributed by atoms with Crippen LogP contribution in [0.4, 0.5) is 0 Å². The minimum Gasteiger partial charge on any atom is -0.527 e. The Balaban J connectivity index is 2.64. The van der Waals surface area contributed by atoms with Crippen LogP contribution in [0.1, 0.15) is 77.6 Å². The van der Waals surface area contributed by atoms with Gasteiger partial charge in [0.1, 0.15) is 11.7 Å². The van der Waals surface area contributed by atoms with Gasteiger partial charge < -0.3 is 18.0 Å². The van der Waals surface area contributed by atoms with Crippen LogP contribution < -0.4 is 5.63 Å². The van der Waals surface area contributed by atoms with Crippen molar-refractivity contribution in [3.05, 3.63) is 46.7 Å². The lowest BCUT2D eigenvalue weighted by molar-refractivity contribution is 0.0278. The monoisotopic (exact) mass is 424 g/mol. The second kappa shape index (κ2) is 12.6. The first-order chi connectivity index (χ1) is 13.7. The van der Waals surface area contributed by atoms with Gasteiger partial charge in [0.2, 0.25) is 0 Å². The molecule has 1 aromatic heterocycles. The number of hydrogen-bond donors (Lipinski definition) is 0. The first kappa shape index (κ1) is 25.2.